The Hall–Kier alpha value is -4.24. The van der Waals surface area contributed by atoms with E-state index in [0.717, 1.165) is 0 Å². The smallest absolute Gasteiger partial charge is 0.252 e. The summed E-state index contributed by atoms with van der Waals surface area (Å²) < 4.78 is 0. The molecule has 0 saturated carbocycles. The summed E-state index contributed by atoms with van der Waals surface area (Å²) in [7, 11) is 0. The van der Waals surface area contributed by atoms with E-state index in [-0.39, 0.29) is 44.6 Å². The highest BCUT2D eigenvalue weighted by atomic mass is 15.2. The van der Waals surface area contributed by atoms with Crippen LogP contribution in [0.4, 0.5) is 34.1 Å². The summed E-state index contributed by atoms with van der Waals surface area (Å²) >= 11 is 0. The van der Waals surface area contributed by atoms with E-state index in [1.807, 2.05) is 0 Å². The highest BCUT2D eigenvalue weighted by Crippen LogP contribution is 2.52. The normalized spacial score (nSPS) is 17.1. The SMILES string of the molecule is Cc1cc2c3c(c1)N(c1cc(C(C)(C)C)cc(C(C)(C)C)c1)c1cc4c(cc1B3c1ccc(C(C)(C)C)cc1N2c1cc(C(C)(C)C)cc(C(C)(C)C)c1)C(C)(C)CCC4(C)C. The summed E-state index contributed by atoms with van der Waals surface area (Å²) in [5.41, 5.74) is 23.2. The number of nitrogens with zero attached hydrogens (tertiary/aromatic N) is 2. The van der Waals surface area contributed by atoms with Gasteiger partial charge < -0.3 is 9.80 Å². The second kappa shape index (κ2) is 13.9. The van der Waals surface area contributed by atoms with Gasteiger partial charge in [0.2, 0.25) is 0 Å². The summed E-state index contributed by atoms with van der Waals surface area (Å²) in [6, 6.07) is 32.8. The summed E-state index contributed by atoms with van der Waals surface area (Å²) in [4.78, 5) is 5.36. The van der Waals surface area contributed by atoms with Crippen LogP contribution in [-0.2, 0) is 37.9 Å². The van der Waals surface area contributed by atoms with E-state index in [1.54, 1.807) is 0 Å². The van der Waals surface area contributed by atoms with Crippen molar-refractivity contribution < 1.29 is 0 Å². The van der Waals surface area contributed by atoms with E-state index in [4.69, 9.17) is 0 Å². The molecule has 0 fully saturated rings. The van der Waals surface area contributed by atoms with Crippen LogP contribution in [0.15, 0.2) is 78.9 Å². The fraction of sp³-hybridized carbons (Fsp3) is 0.492. The van der Waals surface area contributed by atoms with Crippen LogP contribution in [0.3, 0.4) is 0 Å². The van der Waals surface area contributed by atoms with Crippen molar-refractivity contribution in [3.05, 3.63) is 123 Å². The molecule has 5 aromatic carbocycles. The largest absolute Gasteiger partial charge is 0.311 e. The lowest BCUT2D eigenvalue weighted by Gasteiger charge is -2.48. The fourth-order valence-electron chi connectivity index (χ4n) is 10.4. The second-order valence-electron chi connectivity index (χ2n) is 26.1. The molecule has 2 heterocycles. The average Bonchev–Trinajstić information content (AvgIpc) is 3.13. The lowest BCUT2D eigenvalue weighted by Crippen LogP contribution is -2.62. The highest BCUT2D eigenvalue weighted by molar-refractivity contribution is 7.00. The Morgan fingerprint density at radius 3 is 1.16 bits per heavy atom. The molecular formula is C59H77BN2. The number of aryl methyl sites for hydroxylation is 1. The third-order valence-electron chi connectivity index (χ3n) is 14.9. The predicted octanol–water partition coefficient (Wildman–Crippen LogP) is 14.9. The van der Waals surface area contributed by atoms with Crippen LogP contribution in [0.25, 0.3) is 0 Å². The Morgan fingerprint density at radius 2 is 0.774 bits per heavy atom. The van der Waals surface area contributed by atoms with Crippen molar-refractivity contribution in [2.24, 2.45) is 0 Å². The molecule has 0 N–H and O–H groups in total. The minimum Gasteiger partial charge on any atom is -0.311 e. The summed E-state index contributed by atoms with van der Waals surface area (Å²) in [5, 5.41) is 0. The van der Waals surface area contributed by atoms with Crippen LogP contribution in [0.2, 0.25) is 0 Å². The van der Waals surface area contributed by atoms with Gasteiger partial charge in [0.05, 0.1) is 0 Å². The molecule has 0 amide bonds. The first-order valence-electron chi connectivity index (χ1n) is 23.7. The Bertz CT molecular complexity index is 2540. The fourth-order valence-corrected chi connectivity index (χ4v) is 10.4. The van der Waals surface area contributed by atoms with Crippen LogP contribution < -0.4 is 26.2 Å². The van der Waals surface area contributed by atoms with Crippen molar-refractivity contribution in [1.82, 2.24) is 0 Å². The monoisotopic (exact) mass is 825 g/mol. The molecule has 2 aliphatic heterocycles. The molecule has 5 aromatic rings. The molecule has 0 radical (unpaired) electrons. The van der Waals surface area contributed by atoms with Gasteiger partial charge >= 0.3 is 0 Å². The number of hydrogen-bond donors (Lipinski definition) is 0. The van der Waals surface area contributed by atoms with Gasteiger partial charge in [-0.3, -0.25) is 0 Å². The van der Waals surface area contributed by atoms with E-state index < -0.39 is 0 Å². The van der Waals surface area contributed by atoms with Crippen LogP contribution in [0, 0.1) is 6.92 Å². The Balaban J connectivity index is 1.56. The van der Waals surface area contributed by atoms with Crippen molar-refractivity contribution >= 4 is 57.2 Å². The van der Waals surface area contributed by atoms with Crippen molar-refractivity contribution in [2.75, 3.05) is 9.80 Å². The Morgan fingerprint density at radius 1 is 0.403 bits per heavy atom. The quantitative estimate of drug-likeness (QED) is 0.160. The maximum atomic E-state index is 2.69. The van der Waals surface area contributed by atoms with Gasteiger partial charge in [-0.05, 0) is 167 Å². The van der Waals surface area contributed by atoms with Crippen LogP contribution in [-0.4, -0.2) is 6.71 Å². The van der Waals surface area contributed by atoms with Gasteiger partial charge in [0, 0.05) is 34.1 Å². The minimum atomic E-state index is -0.0194. The van der Waals surface area contributed by atoms with Gasteiger partial charge in [-0.15, -0.1) is 0 Å². The number of hydrogen-bond acceptors (Lipinski definition) is 2. The van der Waals surface area contributed by atoms with E-state index >= 15 is 0 Å². The van der Waals surface area contributed by atoms with Gasteiger partial charge in [0.1, 0.15) is 0 Å². The van der Waals surface area contributed by atoms with Crippen LogP contribution in [0.1, 0.15) is 189 Å². The predicted molar refractivity (Wildman–Crippen MR) is 274 cm³/mol. The Kier molecular flexibility index (Phi) is 9.94. The zero-order valence-corrected chi connectivity index (χ0v) is 42.4. The molecule has 3 heteroatoms. The first-order valence-corrected chi connectivity index (χ1v) is 23.7. The van der Waals surface area contributed by atoms with Crippen molar-refractivity contribution in [1.29, 1.82) is 0 Å². The average molecular weight is 825 g/mol. The molecule has 0 atom stereocenters. The lowest BCUT2D eigenvalue weighted by atomic mass is 9.33. The zero-order chi connectivity index (χ0) is 45.7. The topological polar surface area (TPSA) is 6.48 Å². The maximum Gasteiger partial charge on any atom is 0.252 e. The van der Waals surface area contributed by atoms with Gasteiger partial charge in [-0.25, -0.2) is 0 Å². The third-order valence-corrected chi connectivity index (χ3v) is 14.9. The zero-order valence-electron chi connectivity index (χ0n) is 42.4. The Labute approximate surface area is 378 Å². The van der Waals surface area contributed by atoms with E-state index in [2.05, 4.69) is 227 Å². The first kappa shape index (κ1) is 44.4. The highest BCUT2D eigenvalue weighted by Gasteiger charge is 2.47. The summed E-state index contributed by atoms with van der Waals surface area (Å²) in [5.74, 6) is 0. The molecule has 0 spiro atoms. The molecule has 326 valence electrons. The maximum absolute atomic E-state index is 2.69. The number of anilines is 6. The van der Waals surface area contributed by atoms with E-state index in [1.165, 1.54) is 108 Å². The molecule has 0 aromatic heterocycles. The molecule has 8 rings (SSSR count). The number of fused-ring (bicyclic) bond motifs is 5. The number of benzene rings is 5. The molecule has 2 nitrogen and oxygen atoms in total. The molecule has 1 aliphatic carbocycles. The van der Waals surface area contributed by atoms with Crippen LogP contribution >= 0.6 is 0 Å². The molecular weight excluding hydrogens is 747 g/mol. The molecule has 3 aliphatic rings. The van der Waals surface area contributed by atoms with Crippen molar-refractivity contribution in [3.8, 4) is 0 Å². The molecule has 0 unspecified atom stereocenters. The second-order valence-corrected chi connectivity index (χ2v) is 26.1. The standard InChI is InChI=1S/C59H77BN2/c1-36-25-50-52-51(26-36)62(43-31-40(56(11,12)13)28-41(32-43)57(14,15)16)49-35-45-44(58(17,18)23-24-59(45,19)20)34-47(49)60(52)46-22-21-37(53(2,3)4)33-48(46)61(50)42-29-38(54(5,6)7)27-39(30-42)55(8,9)10/h21-22,25-35H,23-24H2,1-20H3. The summed E-state index contributed by atoms with van der Waals surface area (Å²) in [6.45, 7) is 47.8. The van der Waals surface area contributed by atoms with E-state index in [0.29, 0.717) is 0 Å². The van der Waals surface area contributed by atoms with Gasteiger partial charge in [0.15, 0.2) is 0 Å². The minimum absolute atomic E-state index is 0.0125. The molecule has 0 saturated heterocycles. The molecule has 0 bridgehead atoms. The molecule has 62 heavy (non-hydrogen) atoms. The van der Waals surface area contributed by atoms with Gasteiger partial charge in [0.25, 0.3) is 6.71 Å². The van der Waals surface area contributed by atoms with E-state index in [9.17, 15) is 0 Å². The lowest BCUT2D eigenvalue weighted by molar-refractivity contribution is 0.332. The van der Waals surface area contributed by atoms with Crippen LogP contribution in [0.5, 0.6) is 0 Å². The number of rotatable bonds is 2. The van der Waals surface area contributed by atoms with Crippen molar-refractivity contribution in [3.63, 3.8) is 0 Å². The summed E-state index contributed by atoms with van der Waals surface area (Å²) in [6.07, 6.45) is 2.36. The van der Waals surface area contributed by atoms with Crippen molar-refractivity contribution in [2.45, 2.75) is 189 Å². The third kappa shape index (κ3) is 7.46. The van der Waals surface area contributed by atoms with Gasteiger partial charge in [-0.1, -0.05) is 162 Å². The first-order chi connectivity index (χ1) is 28.3. The van der Waals surface area contributed by atoms with Gasteiger partial charge in [-0.2, -0.15) is 0 Å².